The van der Waals surface area contributed by atoms with E-state index < -0.39 is 0 Å². The molecule has 3 heterocycles. The lowest BCUT2D eigenvalue weighted by atomic mass is 10.3. The molecular weight excluding hydrogens is 228 g/mol. The van der Waals surface area contributed by atoms with Gasteiger partial charge in [-0.3, -0.25) is 0 Å². The molecule has 1 aliphatic heterocycles. The Morgan fingerprint density at radius 3 is 2.67 bits per heavy atom. The summed E-state index contributed by atoms with van der Waals surface area (Å²) < 4.78 is 7.19. The summed E-state index contributed by atoms with van der Waals surface area (Å²) in [7, 11) is 0. The van der Waals surface area contributed by atoms with Crippen molar-refractivity contribution in [3.63, 3.8) is 0 Å². The molecule has 0 saturated carbocycles. The third kappa shape index (κ3) is 2.46. The quantitative estimate of drug-likeness (QED) is 0.773. The van der Waals surface area contributed by atoms with E-state index in [2.05, 4.69) is 15.0 Å². The predicted octanol–water partition coefficient (Wildman–Crippen LogP) is 1.90. The number of anilines is 1. The van der Waals surface area contributed by atoms with Gasteiger partial charge in [-0.2, -0.15) is 5.10 Å². The standard InChI is InChI=1S/C11H14N4O.C2H6/c1-9-8-15-11(13-9)10(2-3-12-15)14-4-6-16-7-5-14;1-2/h2-3,8H,4-7H2,1H3;1-2H3. The van der Waals surface area contributed by atoms with Crippen LogP contribution in [0.1, 0.15) is 19.5 Å². The van der Waals surface area contributed by atoms with Crippen LogP contribution in [0.4, 0.5) is 5.69 Å². The maximum atomic E-state index is 5.35. The molecular formula is C13H20N4O. The summed E-state index contributed by atoms with van der Waals surface area (Å²) in [6.45, 7) is 9.40. The van der Waals surface area contributed by atoms with Gasteiger partial charge >= 0.3 is 0 Å². The first kappa shape index (κ1) is 12.8. The Morgan fingerprint density at radius 1 is 1.22 bits per heavy atom. The maximum absolute atomic E-state index is 5.35. The average Bonchev–Trinajstić information content (AvgIpc) is 2.82. The van der Waals surface area contributed by atoms with Gasteiger partial charge in [0.25, 0.3) is 0 Å². The van der Waals surface area contributed by atoms with Crippen LogP contribution in [-0.4, -0.2) is 40.9 Å². The van der Waals surface area contributed by atoms with E-state index in [1.165, 1.54) is 0 Å². The molecule has 1 fully saturated rings. The Bertz CT molecular complexity index is 503. The number of imidazole rings is 1. The molecule has 98 valence electrons. The predicted molar refractivity (Wildman–Crippen MR) is 72.1 cm³/mol. The third-order valence-electron chi connectivity index (χ3n) is 2.81. The fraction of sp³-hybridized carbons (Fsp3) is 0.538. The molecule has 5 heteroatoms. The van der Waals surface area contributed by atoms with Crippen molar-refractivity contribution in [3.8, 4) is 0 Å². The molecule has 2 aromatic heterocycles. The maximum Gasteiger partial charge on any atom is 0.177 e. The molecule has 18 heavy (non-hydrogen) atoms. The Kier molecular flexibility index (Phi) is 4.15. The van der Waals surface area contributed by atoms with Crippen molar-refractivity contribution in [2.24, 2.45) is 0 Å². The minimum Gasteiger partial charge on any atom is -0.378 e. The fourth-order valence-electron chi connectivity index (χ4n) is 2.05. The van der Waals surface area contributed by atoms with Crippen LogP contribution in [0.25, 0.3) is 5.65 Å². The zero-order valence-corrected chi connectivity index (χ0v) is 11.3. The molecule has 0 unspecified atom stereocenters. The van der Waals surface area contributed by atoms with Crippen LogP contribution in [-0.2, 0) is 4.74 Å². The zero-order chi connectivity index (χ0) is 13.0. The highest BCUT2D eigenvalue weighted by Gasteiger charge is 2.15. The van der Waals surface area contributed by atoms with Gasteiger partial charge in [0.05, 0.1) is 37.0 Å². The lowest BCUT2D eigenvalue weighted by Crippen LogP contribution is -2.36. The minimum atomic E-state index is 0.786. The number of morpholine rings is 1. The van der Waals surface area contributed by atoms with Gasteiger partial charge in [-0.15, -0.1) is 0 Å². The first-order valence-corrected chi connectivity index (χ1v) is 6.48. The van der Waals surface area contributed by atoms with Crippen molar-refractivity contribution < 1.29 is 4.74 Å². The molecule has 0 aliphatic carbocycles. The van der Waals surface area contributed by atoms with Crippen molar-refractivity contribution in [3.05, 3.63) is 24.2 Å². The van der Waals surface area contributed by atoms with Crippen molar-refractivity contribution >= 4 is 11.3 Å². The third-order valence-corrected chi connectivity index (χ3v) is 2.81. The second-order valence-corrected chi connectivity index (χ2v) is 3.97. The van der Waals surface area contributed by atoms with E-state index in [0.29, 0.717) is 0 Å². The first-order chi connectivity index (χ1) is 8.84. The molecule has 2 aromatic rings. The highest BCUT2D eigenvalue weighted by molar-refractivity contribution is 5.68. The van der Waals surface area contributed by atoms with Gasteiger partial charge in [0.15, 0.2) is 5.65 Å². The SMILES string of the molecule is CC.Cc1cn2nccc(N3CCOCC3)c2n1. The van der Waals surface area contributed by atoms with E-state index in [1.807, 2.05) is 43.7 Å². The van der Waals surface area contributed by atoms with Crippen molar-refractivity contribution in [2.45, 2.75) is 20.8 Å². The molecule has 0 bridgehead atoms. The number of rotatable bonds is 1. The average molecular weight is 248 g/mol. The summed E-state index contributed by atoms with van der Waals surface area (Å²) in [6, 6.07) is 2.02. The molecule has 1 saturated heterocycles. The van der Waals surface area contributed by atoms with E-state index in [9.17, 15) is 0 Å². The van der Waals surface area contributed by atoms with Crippen molar-refractivity contribution in [1.29, 1.82) is 0 Å². The normalized spacial score (nSPS) is 15.4. The van der Waals surface area contributed by atoms with Gasteiger partial charge in [-0.25, -0.2) is 9.50 Å². The van der Waals surface area contributed by atoms with E-state index in [0.717, 1.165) is 43.3 Å². The topological polar surface area (TPSA) is 42.7 Å². The summed E-state index contributed by atoms with van der Waals surface area (Å²) >= 11 is 0. The molecule has 0 amide bonds. The van der Waals surface area contributed by atoms with Crippen LogP contribution < -0.4 is 4.90 Å². The molecule has 0 spiro atoms. The number of nitrogens with zero attached hydrogens (tertiary/aromatic N) is 4. The van der Waals surface area contributed by atoms with Crippen LogP contribution >= 0.6 is 0 Å². The molecule has 0 radical (unpaired) electrons. The van der Waals surface area contributed by atoms with E-state index in [4.69, 9.17) is 4.74 Å². The summed E-state index contributed by atoms with van der Waals surface area (Å²) in [5, 5.41) is 4.25. The largest absolute Gasteiger partial charge is 0.378 e. The molecule has 3 rings (SSSR count). The summed E-state index contributed by atoms with van der Waals surface area (Å²) in [6.07, 6.45) is 3.76. The number of fused-ring (bicyclic) bond motifs is 1. The van der Waals surface area contributed by atoms with Gasteiger partial charge < -0.3 is 9.64 Å². The van der Waals surface area contributed by atoms with Crippen LogP contribution in [0.3, 0.4) is 0 Å². The van der Waals surface area contributed by atoms with Crippen LogP contribution in [0.15, 0.2) is 18.5 Å². The highest BCUT2D eigenvalue weighted by Crippen LogP contribution is 2.20. The second kappa shape index (κ2) is 5.82. The van der Waals surface area contributed by atoms with Crippen molar-refractivity contribution in [2.75, 3.05) is 31.2 Å². The Labute approximate surface area is 107 Å². The summed E-state index contributed by atoms with van der Waals surface area (Å²) in [4.78, 5) is 6.80. The Balaban J connectivity index is 0.000000574. The Hall–Kier alpha value is -1.62. The number of ether oxygens (including phenoxy) is 1. The van der Waals surface area contributed by atoms with E-state index in [1.54, 1.807) is 0 Å². The van der Waals surface area contributed by atoms with Crippen LogP contribution in [0, 0.1) is 6.92 Å². The number of aromatic nitrogens is 3. The van der Waals surface area contributed by atoms with Crippen LogP contribution in [0.2, 0.25) is 0 Å². The van der Waals surface area contributed by atoms with Gasteiger partial charge in [0.2, 0.25) is 0 Å². The lowest BCUT2D eigenvalue weighted by molar-refractivity contribution is 0.123. The summed E-state index contributed by atoms with van der Waals surface area (Å²) in [5.41, 5.74) is 3.07. The lowest BCUT2D eigenvalue weighted by Gasteiger charge is -2.28. The molecule has 0 N–H and O–H groups in total. The monoisotopic (exact) mass is 248 g/mol. The summed E-state index contributed by atoms with van der Waals surface area (Å²) in [5.74, 6) is 0. The van der Waals surface area contributed by atoms with Gasteiger partial charge in [-0.1, -0.05) is 13.8 Å². The zero-order valence-electron chi connectivity index (χ0n) is 11.3. The highest BCUT2D eigenvalue weighted by atomic mass is 16.5. The number of hydrogen-bond donors (Lipinski definition) is 0. The first-order valence-electron chi connectivity index (χ1n) is 6.48. The van der Waals surface area contributed by atoms with Crippen molar-refractivity contribution in [1.82, 2.24) is 14.6 Å². The van der Waals surface area contributed by atoms with Gasteiger partial charge in [0, 0.05) is 13.1 Å². The van der Waals surface area contributed by atoms with E-state index in [-0.39, 0.29) is 0 Å². The molecule has 5 nitrogen and oxygen atoms in total. The molecule has 0 aromatic carbocycles. The van der Waals surface area contributed by atoms with Gasteiger partial charge in [0.1, 0.15) is 0 Å². The fourth-order valence-corrected chi connectivity index (χ4v) is 2.05. The number of aryl methyl sites for hydroxylation is 1. The number of hydrogen-bond acceptors (Lipinski definition) is 4. The molecule has 0 atom stereocenters. The van der Waals surface area contributed by atoms with Crippen LogP contribution in [0.5, 0.6) is 0 Å². The van der Waals surface area contributed by atoms with Gasteiger partial charge in [-0.05, 0) is 13.0 Å². The Morgan fingerprint density at radius 2 is 1.94 bits per heavy atom. The van der Waals surface area contributed by atoms with E-state index >= 15 is 0 Å². The smallest absolute Gasteiger partial charge is 0.177 e. The minimum absolute atomic E-state index is 0.786. The molecule has 1 aliphatic rings. The second-order valence-electron chi connectivity index (χ2n) is 3.97.